The summed E-state index contributed by atoms with van der Waals surface area (Å²) in [5.74, 6) is -0.116. The van der Waals surface area contributed by atoms with E-state index in [0.717, 1.165) is 21.9 Å². The molecule has 0 saturated carbocycles. The molecule has 0 heterocycles. The number of carbonyl (C=O) groups excluding carboxylic acids is 2. The standard InChI is InChI=1S/C27H20O2/c1-12-5-7-16-8-6-13(2)22-24-15(4)10-18-20(29)11-19(28)17-9-14(3)23(21(12)25(16)22)27(24)26(17)18/h5-10H,11H2,1-4H3. The highest BCUT2D eigenvalue weighted by molar-refractivity contribution is 6.40. The van der Waals surface area contributed by atoms with Gasteiger partial charge in [0.1, 0.15) is 0 Å². The summed E-state index contributed by atoms with van der Waals surface area (Å²) in [7, 11) is 0. The first kappa shape index (κ1) is 16.7. The Morgan fingerprint density at radius 1 is 0.517 bits per heavy atom. The molecule has 0 unspecified atom stereocenters. The number of fused-ring (bicyclic) bond motifs is 2. The summed E-state index contributed by atoms with van der Waals surface area (Å²) in [5.41, 5.74) is 6.08. The molecule has 0 aromatic heterocycles. The first-order valence-electron chi connectivity index (χ1n) is 10.1. The zero-order valence-electron chi connectivity index (χ0n) is 17.0. The number of Topliss-reactive ketones (excluding diaryl/α,β-unsaturated/α-hetero) is 2. The number of rotatable bonds is 0. The molecule has 0 bridgehead atoms. The van der Waals surface area contributed by atoms with Crippen molar-refractivity contribution >= 4 is 54.7 Å². The highest BCUT2D eigenvalue weighted by atomic mass is 16.1. The van der Waals surface area contributed by atoms with Gasteiger partial charge >= 0.3 is 0 Å². The molecule has 140 valence electrons. The summed E-state index contributed by atoms with van der Waals surface area (Å²) < 4.78 is 0. The smallest absolute Gasteiger partial charge is 0.171 e. The van der Waals surface area contributed by atoms with Crippen molar-refractivity contribution in [1.82, 2.24) is 0 Å². The summed E-state index contributed by atoms with van der Waals surface area (Å²) in [5, 5.41) is 9.35. The van der Waals surface area contributed by atoms with Crippen LogP contribution in [-0.4, -0.2) is 11.6 Å². The fourth-order valence-corrected chi connectivity index (χ4v) is 5.60. The topological polar surface area (TPSA) is 34.1 Å². The fourth-order valence-electron chi connectivity index (χ4n) is 5.60. The molecule has 1 aliphatic rings. The zero-order valence-corrected chi connectivity index (χ0v) is 17.0. The predicted molar refractivity (Wildman–Crippen MR) is 120 cm³/mol. The van der Waals surface area contributed by atoms with E-state index in [2.05, 4.69) is 52.0 Å². The Bertz CT molecular complexity index is 1470. The van der Waals surface area contributed by atoms with Gasteiger partial charge in [0.05, 0.1) is 6.42 Å². The largest absolute Gasteiger partial charge is 0.294 e. The Kier molecular flexibility index (Phi) is 2.99. The average molecular weight is 376 g/mol. The highest BCUT2D eigenvalue weighted by Crippen LogP contribution is 2.47. The van der Waals surface area contributed by atoms with Gasteiger partial charge < -0.3 is 0 Å². The van der Waals surface area contributed by atoms with Gasteiger partial charge in [-0.1, -0.05) is 24.3 Å². The van der Waals surface area contributed by atoms with Crippen molar-refractivity contribution in [3.63, 3.8) is 0 Å². The lowest BCUT2D eigenvalue weighted by Gasteiger charge is -2.25. The zero-order chi connectivity index (χ0) is 20.2. The van der Waals surface area contributed by atoms with Crippen molar-refractivity contribution in [3.05, 3.63) is 69.8 Å². The normalized spacial score (nSPS) is 14.2. The van der Waals surface area contributed by atoms with Crippen LogP contribution in [0.2, 0.25) is 0 Å². The van der Waals surface area contributed by atoms with Crippen LogP contribution in [0, 0.1) is 27.7 Å². The van der Waals surface area contributed by atoms with Crippen LogP contribution in [0.1, 0.15) is 49.4 Å². The van der Waals surface area contributed by atoms with Gasteiger partial charge in [-0.05, 0) is 99.8 Å². The van der Waals surface area contributed by atoms with Gasteiger partial charge in [-0.15, -0.1) is 0 Å². The number of hydrogen-bond acceptors (Lipinski definition) is 2. The minimum atomic E-state index is -0.0579. The summed E-state index contributed by atoms with van der Waals surface area (Å²) >= 11 is 0. The van der Waals surface area contributed by atoms with Crippen molar-refractivity contribution in [2.75, 3.05) is 0 Å². The molecule has 2 nitrogen and oxygen atoms in total. The molecule has 2 heteroatoms. The Hall–Kier alpha value is -3.26. The van der Waals surface area contributed by atoms with Crippen LogP contribution in [-0.2, 0) is 0 Å². The van der Waals surface area contributed by atoms with Gasteiger partial charge in [-0.2, -0.15) is 0 Å². The van der Waals surface area contributed by atoms with Crippen molar-refractivity contribution in [1.29, 1.82) is 0 Å². The molecule has 5 aromatic carbocycles. The third kappa shape index (κ3) is 1.87. The predicted octanol–water partition coefficient (Wildman–Crippen LogP) is 6.74. The first-order valence-corrected chi connectivity index (χ1v) is 10.1. The number of benzene rings is 5. The molecule has 5 aromatic rings. The van der Waals surface area contributed by atoms with Crippen molar-refractivity contribution in [2.45, 2.75) is 34.1 Å². The second-order valence-electron chi connectivity index (χ2n) is 8.62. The van der Waals surface area contributed by atoms with E-state index in [1.165, 1.54) is 43.4 Å². The van der Waals surface area contributed by atoms with Gasteiger partial charge in [0.25, 0.3) is 0 Å². The number of hydrogen-bond donors (Lipinski definition) is 0. The SMILES string of the molecule is Cc1ccc2ccc(C)c3c4c(C)cc5c6c(cc(C)c(c1c23)c64)C(=O)CC5=O. The Morgan fingerprint density at radius 3 is 1.45 bits per heavy atom. The maximum absolute atomic E-state index is 12.8. The molecule has 0 saturated heterocycles. The summed E-state index contributed by atoms with van der Waals surface area (Å²) in [6.45, 7) is 8.51. The van der Waals surface area contributed by atoms with Gasteiger partial charge in [-0.3, -0.25) is 9.59 Å². The van der Waals surface area contributed by atoms with E-state index in [1.807, 2.05) is 12.1 Å². The molecule has 0 N–H and O–H groups in total. The molecule has 0 atom stereocenters. The van der Waals surface area contributed by atoms with Gasteiger partial charge in [0.2, 0.25) is 0 Å². The molecule has 0 amide bonds. The summed E-state index contributed by atoms with van der Waals surface area (Å²) in [4.78, 5) is 25.6. The molecule has 1 aliphatic carbocycles. The van der Waals surface area contributed by atoms with Gasteiger partial charge in [0.15, 0.2) is 11.6 Å². The van der Waals surface area contributed by atoms with Gasteiger partial charge in [-0.25, -0.2) is 0 Å². The van der Waals surface area contributed by atoms with E-state index in [0.29, 0.717) is 11.1 Å². The molecule has 0 fully saturated rings. The Balaban J connectivity index is 2.12. The van der Waals surface area contributed by atoms with Gasteiger partial charge in [0, 0.05) is 16.5 Å². The van der Waals surface area contributed by atoms with Crippen molar-refractivity contribution < 1.29 is 9.59 Å². The maximum atomic E-state index is 12.8. The van der Waals surface area contributed by atoms with Crippen molar-refractivity contribution in [2.24, 2.45) is 0 Å². The lowest BCUT2D eigenvalue weighted by Crippen LogP contribution is -2.17. The van der Waals surface area contributed by atoms with E-state index in [1.54, 1.807) is 0 Å². The second kappa shape index (κ2) is 5.21. The number of aryl methyl sites for hydroxylation is 4. The van der Waals surface area contributed by atoms with E-state index in [9.17, 15) is 9.59 Å². The van der Waals surface area contributed by atoms with Crippen LogP contribution in [0.4, 0.5) is 0 Å². The molecule has 0 spiro atoms. The van der Waals surface area contributed by atoms with E-state index in [-0.39, 0.29) is 18.0 Å². The fraction of sp³-hybridized carbons (Fsp3) is 0.185. The molecule has 0 aliphatic heterocycles. The molecular weight excluding hydrogens is 356 g/mol. The molecular formula is C27H20O2. The van der Waals surface area contributed by atoms with Crippen LogP contribution in [0.15, 0.2) is 36.4 Å². The molecule has 0 radical (unpaired) electrons. The minimum absolute atomic E-state index is 0.0239. The van der Waals surface area contributed by atoms with E-state index < -0.39 is 0 Å². The summed E-state index contributed by atoms with van der Waals surface area (Å²) in [6, 6.07) is 12.8. The highest BCUT2D eigenvalue weighted by Gasteiger charge is 2.30. The van der Waals surface area contributed by atoms with E-state index in [4.69, 9.17) is 0 Å². The lowest BCUT2D eigenvalue weighted by molar-refractivity contribution is 0.0890. The number of carbonyl (C=O) groups is 2. The van der Waals surface area contributed by atoms with Crippen LogP contribution in [0.25, 0.3) is 43.1 Å². The number of ketones is 2. The quantitative estimate of drug-likeness (QED) is 0.170. The van der Waals surface area contributed by atoms with Crippen LogP contribution < -0.4 is 0 Å². The Labute approximate surface area is 168 Å². The molecule has 6 rings (SSSR count). The Morgan fingerprint density at radius 2 is 0.966 bits per heavy atom. The van der Waals surface area contributed by atoms with Crippen LogP contribution in [0.3, 0.4) is 0 Å². The second-order valence-corrected chi connectivity index (χ2v) is 8.62. The van der Waals surface area contributed by atoms with Crippen LogP contribution in [0.5, 0.6) is 0 Å². The summed E-state index contributed by atoms with van der Waals surface area (Å²) in [6.07, 6.45) is -0.0239. The average Bonchev–Trinajstić information content (AvgIpc) is 2.68. The third-order valence-corrected chi connectivity index (χ3v) is 6.82. The molecule has 29 heavy (non-hydrogen) atoms. The monoisotopic (exact) mass is 376 g/mol. The third-order valence-electron chi connectivity index (χ3n) is 6.82. The maximum Gasteiger partial charge on any atom is 0.171 e. The first-order chi connectivity index (χ1) is 13.9. The van der Waals surface area contributed by atoms with Crippen molar-refractivity contribution in [3.8, 4) is 0 Å². The van der Waals surface area contributed by atoms with Crippen LogP contribution >= 0.6 is 0 Å². The minimum Gasteiger partial charge on any atom is -0.294 e. The lowest BCUT2D eigenvalue weighted by atomic mass is 9.77. The van der Waals surface area contributed by atoms with E-state index >= 15 is 0 Å².